The van der Waals surface area contributed by atoms with Crippen LogP contribution in [0, 0.1) is 0 Å². The molecule has 0 fully saturated rings. The summed E-state index contributed by atoms with van der Waals surface area (Å²) < 4.78 is 9.87. The molecule has 24 heavy (non-hydrogen) atoms. The standard InChI is InChI=1S/C18H16N2O4/c1-23-15-8-9-19-14(15)10-12-17-11(6-7-16(21)24-2)4-3-5-13(17)20-18(12)22/h3-10,19H,1-2H3,(H,20,22)/b7-6+,12-10-. The molecule has 0 radical (unpaired) electrons. The first-order valence-corrected chi connectivity index (χ1v) is 7.28. The molecule has 3 rings (SSSR count). The summed E-state index contributed by atoms with van der Waals surface area (Å²) in [6.07, 6.45) is 6.42. The van der Waals surface area contributed by atoms with Crippen LogP contribution in [-0.2, 0) is 14.3 Å². The minimum Gasteiger partial charge on any atom is -0.495 e. The Bertz CT molecular complexity index is 862. The predicted molar refractivity (Wildman–Crippen MR) is 91.3 cm³/mol. The van der Waals surface area contributed by atoms with E-state index in [4.69, 9.17) is 4.74 Å². The molecule has 0 atom stereocenters. The SMILES string of the molecule is COC(=O)/C=C/c1cccc2c1/C(=C/c1[nH]ccc1OC)C(=O)N2. The van der Waals surface area contributed by atoms with Gasteiger partial charge in [0.15, 0.2) is 0 Å². The lowest BCUT2D eigenvalue weighted by atomic mass is 9.99. The number of benzene rings is 1. The van der Waals surface area contributed by atoms with Crippen molar-refractivity contribution in [2.45, 2.75) is 0 Å². The van der Waals surface area contributed by atoms with E-state index in [0.29, 0.717) is 22.7 Å². The number of aromatic amines is 1. The van der Waals surface area contributed by atoms with Gasteiger partial charge in [-0.25, -0.2) is 4.79 Å². The van der Waals surface area contributed by atoms with Crippen molar-refractivity contribution < 1.29 is 19.1 Å². The van der Waals surface area contributed by atoms with E-state index in [1.54, 1.807) is 31.5 Å². The number of fused-ring (bicyclic) bond motifs is 1. The van der Waals surface area contributed by atoms with Gasteiger partial charge in [-0.2, -0.15) is 0 Å². The number of aromatic nitrogens is 1. The normalized spacial score (nSPS) is 14.8. The summed E-state index contributed by atoms with van der Waals surface area (Å²) in [6, 6.07) is 7.24. The lowest BCUT2D eigenvalue weighted by Gasteiger charge is -2.04. The van der Waals surface area contributed by atoms with Crippen LogP contribution in [0.1, 0.15) is 16.8 Å². The van der Waals surface area contributed by atoms with Crippen LogP contribution in [-0.4, -0.2) is 31.1 Å². The number of esters is 1. The summed E-state index contributed by atoms with van der Waals surface area (Å²) >= 11 is 0. The van der Waals surface area contributed by atoms with Crippen molar-refractivity contribution in [1.82, 2.24) is 4.98 Å². The zero-order valence-corrected chi connectivity index (χ0v) is 13.3. The molecule has 0 saturated heterocycles. The van der Waals surface area contributed by atoms with Crippen molar-refractivity contribution in [3.8, 4) is 5.75 Å². The average Bonchev–Trinajstić information content (AvgIpc) is 3.17. The molecule has 1 aliphatic heterocycles. The smallest absolute Gasteiger partial charge is 0.330 e. The molecule has 0 saturated carbocycles. The van der Waals surface area contributed by atoms with Crippen LogP contribution in [0.2, 0.25) is 0 Å². The first-order chi connectivity index (χ1) is 11.6. The highest BCUT2D eigenvalue weighted by molar-refractivity contribution is 6.35. The van der Waals surface area contributed by atoms with Gasteiger partial charge in [0.2, 0.25) is 0 Å². The summed E-state index contributed by atoms with van der Waals surface area (Å²) in [7, 11) is 2.88. The number of H-pyrrole nitrogens is 1. The lowest BCUT2D eigenvalue weighted by molar-refractivity contribution is -0.134. The quantitative estimate of drug-likeness (QED) is 0.669. The molecule has 122 valence electrons. The Morgan fingerprint density at radius 3 is 2.79 bits per heavy atom. The monoisotopic (exact) mass is 324 g/mol. The highest BCUT2D eigenvalue weighted by atomic mass is 16.5. The maximum atomic E-state index is 12.4. The van der Waals surface area contributed by atoms with Gasteiger partial charge in [-0.3, -0.25) is 4.79 Å². The second-order valence-corrected chi connectivity index (χ2v) is 5.10. The van der Waals surface area contributed by atoms with Gasteiger partial charge in [-0.15, -0.1) is 0 Å². The highest BCUT2D eigenvalue weighted by Gasteiger charge is 2.26. The van der Waals surface area contributed by atoms with Crippen molar-refractivity contribution in [3.63, 3.8) is 0 Å². The van der Waals surface area contributed by atoms with Gasteiger partial charge < -0.3 is 19.8 Å². The molecule has 1 aromatic carbocycles. The molecule has 2 heterocycles. The number of hydrogen-bond acceptors (Lipinski definition) is 4. The summed E-state index contributed by atoms with van der Waals surface area (Å²) in [5.41, 5.74) is 3.37. The van der Waals surface area contributed by atoms with Crippen molar-refractivity contribution in [3.05, 3.63) is 53.4 Å². The Hall–Kier alpha value is -3.28. The van der Waals surface area contributed by atoms with E-state index in [0.717, 1.165) is 11.1 Å². The van der Waals surface area contributed by atoms with Crippen LogP contribution >= 0.6 is 0 Å². The van der Waals surface area contributed by atoms with E-state index >= 15 is 0 Å². The van der Waals surface area contributed by atoms with Crippen LogP contribution in [0.5, 0.6) is 5.75 Å². The Labute approximate surface area is 138 Å². The van der Waals surface area contributed by atoms with E-state index in [9.17, 15) is 9.59 Å². The third-order valence-corrected chi connectivity index (χ3v) is 3.71. The highest BCUT2D eigenvalue weighted by Crippen LogP contribution is 2.37. The zero-order valence-electron chi connectivity index (χ0n) is 13.3. The van der Waals surface area contributed by atoms with Crippen LogP contribution < -0.4 is 10.1 Å². The van der Waals surface area contributed by atoms with Crippen molar-refractivity contribution in [1.29, 1.82) is 0 Å². The van der Waals surface area contributed by atoms with Crippen molar-refractivity contribution in [2.24, 2.45) is 0 Å². The fraction of sp³-hybridized carbons (Fsp3) is 0.111. The Morgan fingerprint density at radius 2 is 2.04 bits per heavy atom. The van der Waals surface area contributed by atoms with Gasteiger partial charge >= 0.3 is 5.97 Å². The fourth-order valence-electron chi connectivity index (χ4n) is 2.58. The summed E-state index contributed by atoms with van der Waals surface area (Å²) in [5.74, 6) is -0.0200. The molecule has 1 amide bonds. The van der Waals surface area contributed by atoms with Gasteiger partial charge in [0.25, 0.3) is 5.91 Å². The maximum Gasteiger partial charge on any atom is 0.330 e. The van der Waals surface area contributed by atoms with Gasteiger partial charge in [0.1, 0.15) is 5.75 Å². The number of nitrogens with one attached hydrogen (secondary N) is 2. The Kier molecular flexibility index (Phi) is 4.20. The summed E-state index contributed by atoms with van der Waals surface area (Å²) in [5, 5.41) is 2.83. The number of carbonyl (C=O) groups excluding carboxylic acids is 2. The predicted octanol–water partition coefficient (Wildman–Crippen LogP) is 2.70. The van der Waals surface area contributed by atoms with Crippen LogP contribution in [0.25, 0.3) is 17.7 Å². The molecule has 0 unspecified atom stereocenters. The van der Waals surface area contributed by atoms with Gasteiger partial charge in [-0.05, 0) is 29.8 Å². The topological polar surface area (TPSA) is 80.4 Å². The number of anilines is 1. The summed E-state index contributed by atoms with van der Waals surface area (Å²) in [4.78, 5) is 26.7. The minimum absolute atomic E-state index is 0.208. The van der Waals surface area contributed by atoms with Crippen molar-refractivity contribution in [2.75, 3.05) is 19.5 Å². The first kappa shape index (κ1) is 15.6. The number of rotatable bonds is 4. The summed E-state index contributed by atoms with van der Waals surface area (Å²) in [6.45, 7) is 0. The van der Waals surface area contributed by atoms with E-state index in [-0.39, 0.29) is 5.91 Å². The molecule has 2 aromatic rings. The molecule has 2 N–H and O–H groups in total. The zero-order chi connectivity index (χ0) is 17.1. The van der Waals surface area contributed by atoms with Gasteiger partial charge in [0.05, 0.1) is 25.5 Å². The lowest BCUT2D eigenvalue weighted by Crippen LogP contribution is -2.03. The number of ether oxygens (including phenoxy) is 2. The van der Waals surface area contributed by atoms with E-state index < -0.39 is 5.97 Å². The van der Waals surface area contributed by atoms with E-state index in [2.05, 4.69) is 15.0 Å². The Balaban J connectivity index is 2.09. The number of methoxy groups -OCH3 is 2. The molecule has 6 nitrogen and oxygen atoms in total. The van der Waals surface area contributed by atoms with Gasteiger partial charge in [0, 0.05) is 23.5 Å². The van der Waals surface area contributed by atoms with Crippen LogP contribution in [0.3, 0.4) is 0 Å². The molecule has 0 spiro atoms. The third-order valence-electron chi connectivity index (χ3n) is 3.71. The third kappa shape index (κ3) is 2.81. The molecule has 0 bridgehead atoms. The molecule has 0 aliphatic carbocycles. The molecule has 6 heteroatoms. The van der Waals surface area contributed by atoms with Crippen LogP contribution in [0.15, 0.2) is 36.5 Å². The molecular formula is C18H16N2O4. The molecular weight excluding hydrogens is 308 g/mol. The molecule has 1 aliphatic rings. The first-order valence-electron chi connectivity index (χ1n) is 7.28. The Morgan fingerprint density at radius 1 is 1.21 bits per heavy atom. The minimum atomic E-state index is -0.457. The number of amides is 1. The largest absolute Gasteiger partial charge is 0.495 e. The van der Waals surface area contributed by atoms with E-state index in [1.165, 1.54) is 13.2 Å². The number of carbonyl (C=O) groups is 2. The van der Waals surface area contributed by atoms with Crippen LogP contribution in [0.4, 0.5) is 5.69 Å². The fourth-order valence-corrected chi connectivity index (χ4v) is 2.58. The second-order valence-electron chi connectivity index (χ2n) is 5.10. The van der Waals surface area contributed by atoms with E-state index in [1.807, 2.05) is 18.2 Å². The van der Waals surface area contributed by atoms with Crippen molar-refractivity contribution >= 4 is 35.3 Å². The average molecular weight is 324 g/mol. The second kappa shape index (κ2) is 6.45. The molecule has 1 aromatic heterocycles. The number of hydrogen-bond donors (Lipinski definition) is 2. The van der Waals surface area contributed by atoms with Gasteiger partial charge in [-0.1, -0.05) is 12.1 Å². The maximum absolute atomic E-state index is 12.4.